The largest absolute Gasteiger partial charge is 0.342 e. The molecule has 0 N–H and O–H groups in total. The molecule has 1 unspecified atom stereocenters. The second-order valence-electron chi connectivity index (χ2n) is 7.42. The maximum Gasteiger partial charge on any atom is 0.147 e. The molecular formula is C23H27FN2. The van der Waals surface area contributed by atoms with E-state index in [0.717, 1.165) is 49.8 Å². The molecule has 0 saturated carbocycles. The molecule has 1 aliphatic heterocycles. The second kappa shape index (κ2) is 7.24. The number of halogens is 1. The molecule has 0 spiro atoms. The summed E-state index contributed by atoms with van der Waals surface area (Å²) in [7, 11) is 0. The van der Waals surface area contributed by atoms with Gasteiger partial charge < -0.3 is 4.57 Å². The van der Waals surface area contributed by atoms with Gasteiger partial charge in [-0.3, -0.25) is 4.90 Å². The minimum atomic E-state index is -0.0905. The van der Waals surface area contributed by atoms with Gasteiger partial charge in [-0.25, -0.2) is 4.39 Å². The summed E-state index contributed by atoms with van der Waals surface area (Å²) in [6.45, 7) is 7.34. The molecule has 1 aromatic heterocycles. The van der Waals surface area contributed by atoms with E-state index in [1.54, 1.807) is 6.07 Å². The Bertz CT molecular complexity index is 897. The van der Waals surface area contributed by atoms with Crippen LogP contribution in [0.5, 0.6) is 0 Å². The molecular weight excluding hydrogens is 323 g/mol. The molecule has 2 aromatic carbocycles. The molecule has 2 heterocycles. The Morgan fingerprint density at radius 3 is 2.65 bits per heavy atom. The highest BCUT2D eigenvalue weighted by atomic mass is 19.1. The Kier molecular flexibility index (Phi) is 4.82. The van der Waals surface area contributed by atoms with Crippen LogP contribution in [-0.2, 0) is 25.9 Å². The van der Waals surface area contributed by atoms with Crippen LogP contribution < -0.4 is 0 Å². The first-order valence-electron chi connectivity index (χ1n) is 9.75. The van der Waals surface area contributed by atoms with Crippen LogP contribution in [0.1, 0.15) is 37.1 Å². The smallest absolute Gasteiger partial charge is 0.147 e. The van der Waals surface area contributed by atoms with Gasteiger partial charge in [-0.2, -0.15) is 0 Å². The number of fused-ring (bicyclic) bond motifs is 3. The Morgan fingerprint density at radius 1 is 1.08 bits per heavy atom. The fourth-order valence-electron chi connectivity index (χ4n) is 4.42. The molecule has 0 radical (unpaired) electrons. The van der Waals surface area contributed by atoms with E-state index in [-0.39, 0.29) is 5.82 Å². The third-order valence-corrected chi connectivity index (χ3v) is 5.83. The van der Waals surface area contributed by atoms with Crippen molar-refractivity contribution >= 4 is 10.9 Å². The zero-order valence-corrected chi connectivity index (χ0v) is 15.7. The van der Waals surface area contributed by atoms with E-state index in [4.69, 9.17) is 0 Å². The first-order chi connectivity index (χ1) is 12.7. The number of likely N-dealkylation sites (N-methyl/N-ethyl adjacent to an activating group) is 1. The van der Waals surface area contributed by atoms with Gasteiger partial charge in [0.2, 0.25) is 0 Å². The predicted octanol–water partition coefficient (Wildman–Crippen LogP) is 5.18. The lowest BCUT2D eigenvalue weighted by Crippen LogP contribution is -2.38. The molecule has 0 saturated heterocycles. The van der Waals surface area contributed by atoms with Gasteiger partial charge >= 0.3 is 0 Å². The first-order valence-corrected chi connectivity index (χ1v) is 9.75. The van der Waals surface area contributed by atoms with Crippen LogP contribution in [0.2, 0.25) is 0 Å². The van der Waals surface area contributed by atoms with Crippen molar-refractivity contribution in [2.45, 2.75) is 52.2 Å². The van der Waals surface area contributed by atoms with Crippen molar-refractivity contribution in [3.8, 4) is 0 Å². The second-order valence-corrected chi connectivity index (χ2v) is 7.42. The van der Waals surface area contributed by atoms with Crippen LogP contribution in [0.4, 0.5) is 4.39 Å². The zero-order valence-electron chi connectivity index (χ0n) is 15.7. The number of para-hydroxylation sites is 1. The summed E-state index contributed by atoms with van der Waals surface area (Å²) in [6.07, 6.45) is 3.06. The van der Waals surface area contributed by atoms with Gasteiger partial charge in [-0.15, -0.1) is 0 Å². The van der Waals surface area contributed by atoms with Crippen LogP contribution in [-0.4, -0.2) is 22.1 Å². The van der Waals surface area contributed by atoms with Crippen LogP contribution in [0.3, 0.4) is 0 Å². The van der Waals surface area contributed by atoms with E-state index in [1.807, 2.05) is 6.07 Å². The van der Waals surface area contributed by atoms with Crippen LogP contribution in [0, 0.1) is 5.82 Å². The summed E-state index contributed by atoms with van der Waals surface area (Å²) < 4.78 is 17.0. The third-order valence-electron chi connectivity index (χ3n) is 5.83. The minimum Gasteiger partial charge on any atom is -0.342 e. The van der Waals surface area contributed by atoms with E-state index >= 15 is 0 Å². The van der Waals surface area contributed by atoms with Gasteiger partial charge in [0.25, 0.3) is 0 Å². The van der Waals surface area contributed by atoms with Crippen molar-refractivity contribution < 1.29 is 4.39 Å². The summed E-state index contributed by atoms with van der Waals surface area (Å²) in [5.41, 5.74) is 4.83. The van der Waals surface area contributed by atoms with Crippen LogP contribution in [0.15, 0.2) is 48.5 Å². The fourth-order valence-corrected chi connectivity index (χ4v) is 4.42. The summed E-state index contributed by atoms with van der Waals surface area (Å²) >= 11 is 0. The van der Waals surface area contributed by atoms with Crippen molar-refractivity contribution in [2.75, 3.05) is 6.54 Å². The lowest BCUT2D eigenvalue weighted by molar-refractivity contribution is 0.192. The molecule has 1 aliphatic rings. The molecule has 3 heteroatoms. The van der Waals surface area contributed by atoms with E-state index in [1.165, 1.54) is 16.8 Å². The number of benzene rings is 2. The van der Waals surface area contributed by atoms with E-state index in [9.17, 15) is 4.39 Å². The zero-order chi connectivity index (χ0) is 18.1. The number of aromatic nitrogens is 1. The van der Waals surface area contributed by atoms with Gasteiger partial charge in [-0.1, -0.05) is 49.4 Å². The van der Waals surface area contributed by atoms with Gasteiger partial charge in [0.15, 0.2) is 0 Å². The Morgan fingerprint density at radius 2 is 1.88 bits per heavy atom. The maximum atomic E-state index is 14.7. The van der Waals surface area contributed by atoms with Crippen LogP contribution in [0.25, 0.3) is 10.9 Å². The van der Waals surface area contributed by atoms with Crippen LogP contribution >= 0.6 is 0 Å². The topological polar surface area (TPSA) is 8.17 Å². The van der Waals surface area contributed by atoms with Gasteiger partial charge in [0.1, 0.15) is 5.82 Å². The molecule has 0 aliphatic carbocycles. The summed E-state index contributed by atoms with van der Waals surface area (Å²) in [6, 6.07) is 16.6. The quantitative estimate of drug-likeness (QED) is 0.615. The minimum absolute atomic E-state index is 0.0905. The molecule has 26 heavy (non-hydrogen) atoms. The standard InChI is InChI=1S/C23H27FN2/c1-3-25-16-20-19-12-7-13-21(24)23(19)26(22(20)15-17(25)2)14-8-11-18-9-5-4-6-10-18/h4-7,9-10,12-13,17H,3,8,11,14-16H2,1-2H3. The SMILES string of the molecule is CCN1Cc2c(n(CCCc3ccccc3)c3c(F)cccc23)CC1C. The lowest BCUT2D eigenvalue weighted by atomic mass is 9.99. The van der Waals surface area contributed by atoms with Gasteiger partial charge in [0, 0.05) is 36.6 Å². The van der Waals surface area contributed by atoms with Gasteiger partial charge in [-0.05, 0) is 43.5 Å². The van der Waals surface area contributed by atoms with E-state index in [0.29, 0.717) is 6.04 Å². The Hall–Kier alpha value is -2.13. The van der Waals surface area contributed by atoms with Crippen molar-refractivity contribution in [3.05, 3.63) is 71.2 Å². The van der Waals surface area contributed by atoms with E-state index in [2.05, 4.69) is 59.7 Å². The number of aryl methyl sites for hydroxylation is 2. The highest BCUT2D eigenvalue weighted by Gasteiger charge is 2.28. The van der Waals surface area contributed by atoms with Crippen molar-refractivity contribution in [2.24, 2.45) is 0 Å². The number of hydrogen-bond acceptors (Lipinski definition) is 1. The lowest BCUT2D eigenvalue weighted by Gasteiger charge is -2.33. The average molecular weight is 350 g/mol. The normalized spacial score (nSPS) is 17.6. The molecule has 1 atom stereocenters. The molecule has 2 nitrogen and oxygen atoms in total. The highest BCUT2D eigenvalue weighted by molar-refractivity contribution is 5.86. The van der Waals surface area contributed by atoms with Crippen molar-refractivity contribution in [1.82, 2.24) is 9.47 Å². The molecule has 0 fully saturated rings. The number of nitrogens with zero attached hydrogens (tertiary/aromatic N) is 2. The average Bonchev–Trinajstić information content (AvgIpc) is 2.96. The highest BCUT2D eigenvalue weighted by Crippen LogP contribution is 2.34. The van der Waals surface area contributed by atoms with E-state index < -0.39 is 0 Å². The van der Waals surface area contributed by atoms with Gasteiger partial charge in [0.05, 0.1) is 5.52 Å². The molecule has 0 amide bonds. The maximum absolute atomic E-state index is 14.7. The van der Waals surface area contributed by atoms with Crippen molar-refractivity contribution in [1.29, 1.82) is 0 Å². The third kappa shape index (κ3) is 3.05. The molecule has 0 bridgehead atoms. The summed E-state index contributed by atoms with van der Waals surface area (Å²) in [4.78, 5) is 2.49. The van der Waals surface area contributed by atoms with Crippen molar-refractivity contribution in [3.63, 3.8) is 0 Å². The molecule has 3 aromatic rings. The Labute approximate surface area is 155 Å². The monoisotopic (exact) mass is 350 g/mol. The molecule has 136 valence electrons. The molecule has 4 rings (SSSR count). The Balaban J connectivity index is 1.68. The fraction of sp³-hybridized carbons (Fsp3) is 0.391. The first kappa shape index (κ1) is 17.3. The number of hydrogen-bond donors (Lipinski definition) is 0. The predicted molar refractivity (Wildman–Crippen MR) is 106 cm³/mol. The summed E-state index contributed by atoms with van der Waals surface area (Å²) in [5, 5.41) is 1.10. The number of rotatable bonds is 5. The summed E-state index contributed by atoms with van der Waals surface area (Å²) in [5.74, 6) is -0.0905.